The van der Waals surface area contributed by atoms with Crippen LogP contribution in [-0.4, -0.2) is 17.1 Å². The van der Waals surface area contributed by atoms with Crippen LogP contribution in [0.15, 0.2) is 11.6 Å². The maximum absolute atomic E-state index is 11.5. The Hall–Kier alpha value is -1.10. The highest BCUT2D eigenvalue weighted by atomic mass is 32.1. The topological polar surface area (TPSA) is 54.0 Å². The average molecular weight is 225 g/mol. The summed E-state index contributed by atoms with van der Waals surface area (Å²) in [6, 6.07) is 0.293. The van der Waals surface area contributed by atoms with Gasteiger partial charge in [-0.25, -0.2) is 9.78 Å². The number of hydrogen-bond donors (Lipinski definition) is 2. The van der Waals surface area contributed by atoms with Crippen molar-refractivity contribution in [3.8, 4) is 0 Å². The first-order valence-electron chi connectivity index (χ1n) is 5.22. The van der Waals surface area contributed by atoms with Crippen molar-refractivity contribution in [3.05, 3.63) is 16.6 Å². The Labute approximate surface area is 93.1 Å². The van der Waals surface area contributed by atoms with Crippen molar-refractivity contribution in [1.82, 2.24) is 15.6 Å². The number of nitrogens with zero attached hydrogens (tertiary/aromatic N) is 1. The molecule has 4 nitrogen and oxygen atoms in total. The Kier molecular flexibility index (Phi) is 3.20. The van der Waals surface area contributed by atoms with Gasteiger partial charge in [-0.15, -0.1) is 11.3 Å². The minimum absolute atomic E-state index is 0.00919. The second kappa shape index (κ2) is 4.61. The van der Waals surface area contributed by atoms with E-state index in [1.54, 1.807) is 17.5 Å². The normalized spacial score (nSPS) is 17.9. The van der Waals surface area contributed by atoms with Crippen LogP contribution in [0.2, 0.25) is 0 Å². The lowest BCUT2D eigenvalue weighted by Gasteiger charge is -2.27. The Morgan fingerprint density at radius 3 is 3.00 bits per heavy atom. The van der Waals surface area contributed by atoms with Crippen molar-refractivity contribution in [1.29, 1.82) is 0 Å². The van der Waals surface area contributed by atoms with Gasteiger partial charge in [0.05, 0.1) is 6.04 Å². The molecule has 1 saturated carbocycles. The molecule has 82 valence electrons. The highest BCUT2D eigenvalue weighted by Gasteiger charge is 2.20. The van der Waals surface area contributed by atoms with Crippen LogP contribution in [0.25, 0.3) is 0 Å². The van der Waals surface area contributed by atoms with Gasteiger partial charge in [-0.1, -0.05) is 0 Å². The molecule has 1 aromatic heterocycles. The van der Waals surface area contributed by atoms with E-state index in [1.165, 1.54) is 6.42 Å². The number of thiazole rings is 1. The van der Waals surface area contributed by atoms with E-state index in [0.29, 0.717) is 6.04 Å². The van der Waals surface area contributed by atoms with Crippen molar-refractivity contribution >= 4 is 17.4 Å². The SMILES string of the molecule is CC(NC(=O)NC1CCC1)c1nccs1. The summed E-state index contributed by atoms with van der Waals surface area (Å²) in [5.74, 6) is 0. The number of urea groups is 1. The van der Waals surface area contributed by atoms with Crippen LogP contribution in [0.5, 0.6) is 0 Å². The summed E-state index contributed by atoms with van der Waals surface area (Å²) in [5, 5.41) is 8.67. The van der Waals surface area contributed by atoms with E-state index in [-0.39, 0.29) is 12.1 Å². The molecular weight excluding hydrogens is 210 g/mol. The van der Waals surface area contributed by atoms with Gasteiger partial charge in [0, 0.05) is 17.6 Å². The van der Waals surface area contributed by atoms with Gasteiger partial charge >= 0.3 is 6.03 Å². The van der Waals surface area contributed by atoms with Crippen LogP contribution in [0, 0.1) is 0 Å². The molecule has 0 saturated heterocycles. The maximum Gasteiger partial charge on any atom is 0.315 e. The first-order chi connectivity index (χ1) is 7.25. The van der Waals surface area contributed by atoms with Gasteiger partial charge in [-0.05, 0) is 26.2 Å². The van der Waals surface area contributed by atoms with Gasteiger partial charge < -0.3 is 10.6 Å². The largest absolute Gasteiger partial charge is 0.335 e. The molecule has 1 heterocycles. The molecule has 0 radical (unpaired) electrons. The van der Waals surface area contributed by atoms with Crippen LogP contribution < -0.4 is 10.6 Å². The zero-order valence-electron chi connectivity index (χ0n) is 8.69. The van der Waals surface area contributed by atoms with Gasteiger partial charge in [0.2, 0.25) is 0 Å². The van der Waals surface area contributed by atoms with Crippen LogP contribution in [0.1, 0.15) is 37.2 Å². The molecule has 1 unspecified atom stereocenters. The van der Waals surface area contributed by atoms with Crippen LogP contribution in [0.3, 0.4) is 0 Å². The van der Waals surface area contributed by atoms with Gasteiger partial charge in [-0.3, -0.25) is 0 Å². The van der Waals surface area contributed by atoms with Gasteiger partial charge in [0.25, 0.3) is 0 Å². The summed E-state index contributed by atoms with van der Waals surface area (Å²) in [5.41, 5.74) is 0. The number of carbonyl (C=O) groups excluding carboxylic acids is 1. The van der Waals surface area contributed by atoms with E-state index in [0.717, 1.165) is 17.8 Å². The summed E-state index contributed by atoms with van der Waals surface area (Å²) < 4.78 is 0. The third-order valence-corrected chi connectivity index (χ3v) is 3.57. The Morgan fingerprint density at radius 1 is 1.67 bits per heavy atom. The fourth-order valence-corrected chi connectivity index (χ4v) is 2.13. The van der Waals surface area contributed by atoms with E-state index in [2.05, 4.69) is 15.6 Å². The number of aromatic nitrogens is 1. The predicted molar refractivity (Wildman–Crippen MR) is 59.8 cm³/mol. The molecule has 5 heteroatoms. The zero-order chi connectivity index (χ0) is 10.7. The lowest BCUT2D eigenvalue weighted by molar-refractivity contribution is 0.225. The molecule has 0 spiro atoms. The number of hydrogen-bond acceptors (Lipinski definition) is 3. The quantitative estimate of drug-likeness (QED) is 0.827. The molecule has 1 aromatic rings. The molecule has 2 rings (SSSR count). The fourth-order valence-electron chi connectivity index (χ4n) is 1.49. The van der Waals surface area contributed by atoms with Gasteiger partial charge in [0.15, 0.2) is 0 Å². The van der Waals surface area contributed by atoms with E-state index in [9.17, 15) is 4.79 Å². The van der Waals surface area contributed by atoms with E-state index in [4.69, 9.17) is 0 Å². The van der Waals surface area contributed by atoms with Crippen LogP contribution >= 0.6 is 11.3 Å². The average Bonchev–Trinajstić information content (AvgIpc) is 2.64. The molecule has 0 aromatic carbocycles. The smallest absolute Gasteiger partial charge is 0.315 e. The lowest BCUT2D eigenvalue weighted by Crippen LogP contribution is -2.45. The van der Waals surface area contributed by atoms with Crippen molar-refractivity contribution in [2.24, 2.45) is 0 Å². The summed E-state index contributed by atoms with van der Waals surface area (Å²) in [6.45, 7) is 1.94. The molecule has 1 fully saturated rings. The second-order valence-electron chi connectivity index (χ2n) is 3.84. The molecular formula is C10H15N3OS. The van der Waals surface area contributed by atoms with Crippen molar-refractivity contribution in [2.45, 2.75) is 38.3 Å². The molecule has 1 aliphatic carbocycles. The van der Waals surface area contributed by atoms with Gasteiger partial charge in [0.1, 0.15) is 5.01 Å². The number of nitrogens with one attached hydrogen (secondary N) is 2. The van der Waals surface area contributed by atoms with Crippen molar-refractivity contribution < 1.29 is 4.79 Å². The fraction of sp³-hybridized carbons (Fsp3) is 0.600. The molecule has 0 aliphatic heterocycles. The molecule has 2 amide bonds. The monoisotopic (exact) mass is 225 g/mol. The zero-order valence-corrected chi connectivity index (χ0v) is 9.51. The Balaban J connectivity index is 1.78. The lowest BCUT2D eigenvalue weighted by atomic mass is 9.93. The highest BCUT2D eigenvalue weighted by molar-refractivity contribution is 7.09. The van der Waals surface area contributed by atoms with Gasteiger partial charge in [-0.2, -0.15) is 0 Å². The summed E-state index contributed by atoms with van der Waals surface area (Å²) in [6.07, 6.45) is 5.20. The highest BCUT2D eigenvalue weighted by Crippen LogP contribution is 2.18. The standard InChI is InChI=1S/C10H15N3OS/c1-7(9-11-5-6-15-9)12-10(14)13-8-3-2-4-8/h5-8H,2-4H2,1H3,(H2,12,13,14). The van der Waals surface area contributed by atoms with E-state index >= 15 is 0 Å². The van der Waals surface area contributed by atoms with E-state index in [1.807, 2.05) is 12.3 Å². The summed E-state index contributed by atoms with van der Waals surface area (Å²) in [4.78, 5) is 15.7. The second-order valence-corrected chi connectivity index (χ2v) is 4.76. The molecule has 2 N–H and O–H groups in total. The summed E-state index contributed by atoms with van der Waals surface area (Å²) >= 11 is 1.56. The Bertz CT molecular complexity index is 321. The molecule has 0 bridgehead atoms. The predicted octanol–water partition coefficient (Wildman–Crippen LogP) is 2.06. The van der Waals surface area contributed by atoms with Crippen LogP contribution in [0.4, 0.5) is 4.79 Å². The maximum atomic E-state index is 11.5. The molecule has 1 aliphatic rings. The van der Waals surface area contributed by atoms with Crippen LogP contribution in [-0.2, 0) is 0 Å². The van der Waals surface area contributed by atoms with Crippen molar-refractivity contribution in [2.75, 3.05) is 0 Å². The molecule has 1 atom stereocenters. The summed E-state index contributed by atoms with van der Waals surface area (Å²) in [7, 11) is 0. The minimum atomic E-state index is -0.0811. The van der Waals surface area contributed by atoms with Crippen molar-refractivity contribution in [3.63, 3.8) is 0 Å². The number of rotatable bonds is 3. The van der Waals surface area contributed by atoms with E-state index < -0.39 is 0 Å². The number of amides is 2. The molecule has 15 heavy (non-hydrogen) atoms. The number of carbonyl (C=O) groups is 1. The third-order valence-electron chi connectivity index (χ3n) is 2.61. The Morgan fingerprint density at radius 2 is 2.47 bits per heavy atom. The minimum Gasteiger partial charge on any atom is -0.335 e. The third kappa shape index (κ3) is 2.68. The first kappa shape index (κ1) is 10.4. The first-order valence-corrected chi connectivity index (χ1v) is 6.10.